The minimum Gasteiger partial charge on any atom is -0.461 e. The number of hydrogen-bond acceptors (Lipinski definition) is 6. The fourth-order valence-corrected chi connectivity index (χ4v) is 4.71. The molecule has 0 saturated heterocycles. The molecule has 0 N–H and O–H groups in total. The topological polar surface area (TPSA) is 56.3 Å². The van der Waals surface area contributed by atoms with E-state index in [1.54, 1.807) is 6.92 Å². The van der Waals surface area contributed by atoms with Crippen molar-refractivity contribution in [1.29, 1.82) is 0 Å². The van der Waals surface area contributed by atoms with E-state index < -0.39 is 5.97 Å². The molecule has 116 valence electrons. The van der Waals surface area contributed by atoms with Crippen molar-refractivity contribution in [3.8, 4) is 0 Å². The van der Waals surface area contributed by atoms with Crippen molar-refractivity contribution in [3.63, 3.8) is 0 Å². The van der Waals surface area contributed by atoms with E-state index in [-0.39, 0.29) is 11.5 Å². The zero-order valence-electron chi connectivity index (χ0n) is 12.5. The van der Waals surface area contributed by atoms with Crippen LogP contribution >= 0.6 is 23.1 Å². The van der Waals surface area contributed by atoms with Crippen LogP contribution < -0.4 is 0 Å². The Hall–Kier alpha value is -0.880. The zero-order chi connectivity index (χ0) is 15.2. The van der Waals surface area contributed by atoms with Gasteiger partial charge in [0.25, 0.3) is 0 Å². The Morgan fingerprint density at radius 1 is 1.33 bits per heavy atom. The summed E-state index contributed by atoms with van der Waals surface area (Å²) in [5, 5.41) is 1.54. The van der Waals surface area contributed by atoms with Crippen molar-refractivity contribution >= 4 is 34.9 Å². The van der Waals surface area contributed by atoms with E-state index in [1.165, 1.54) is 50.4 Å². The van der Waals surface area contributed by atoms with Crippen molar-refractivity contribution < 1.29 is 14.3 Å². The maximum Gasteiger partial charge on any atom is 0.358 e. The molecule has 0 aliphatic heterocycles. The third kappa shape index (κ3) is 4.54. The predicted octanol–water partition coefficient (Wildman–Crippen LogP) is 4.09. The van der Waals surface area contributed by atoms with E-state index in [2.05, 4.69) is 4.98 Å². The van der Waals surface area contributed by atoms with Gasteiger partial charge in [-0.3, -0.25) is 4.79 Å². The Bertz CT molecular complexity index is 507. The van der Waals surface area contributed by atoms with Gasteiger partial charge in [-0.05, 0) is 19.8 Å². The van der Waals surface area contributed by atoms with Crippen LogP contribution in [0.2, 0.25) is 0 Å². The standard InChI is InChI=1S/C15H21NO3S2/c1-3-19-15(18)13-14(10(2)17)21-12(16-13)9-20-11-7-5-4-6-8-11/h11H,3-9H2,1-2H3. The number of ether oxygens (including phenoxy) is 1. The largest absolute Gasteiger partial charge is 0.461 e. The highest BCUT2D eigenvalue weighted by atomic mass is 32.2. The number of aromatic nitrogens is 1. The Morgan fingerprint density at radius 2 is 2.05 bits per heavy atom. The van der Waals surface area contributed by atoms with Gasteiger partial charge in [-0.1, -0.05) is 19.3 Å². The van der Waals surface area contributed by atoms with Crippen LogP contribution in [-0.4, -0.2) is 28.6 Å². The van der Waals surface area contributed by atoms with E-state index in [0.29, 0.717) is 16.7 Å². The van der Waals surface area contributed by atoms with Crippen molar-refractivity contribution in [2.45, 2.75) is 57.0 Å². The van der Waals surface area contributed by atoms with Crippen LogP contribution in [-0.2, 0) is 10.5 Å². The summed E-state index contributed by atoms with van der Waals surface area (Å²) in [6.45, 7) is 3.51. The number of nitrogens with zero attached hydrogens (tertiary/aromatic N) is 1. The Kier molecular flexibility index (Phi) is 6.23. The van der Waals surface area contributed by atoms with Crippen molar-refractivity contribution in [2.24, 2.45) is 0 Å². The maximum absolute atomic E-state index is 11.9. The molecule has 21 heavy (non-hydrogen) atoms. The molecule has 0 spiro atoms. The van der Waals surface area contributed by atoms with E-state index >= 15 is 0 Å². The first-order chi connectivity index (χ1) is 10.1. The predicted molar refractivity (Wildman–Crippen MR) is 86.2 cm³/mol. The lowest BCUT2D eigenvalue weighted by Crippen LogP contribution is -2.09. The molecule has 1 aliphatic rings. The molecule has 0 amide bonds. The number of esters is 1. The molecular weight excluding hydrogens is 306 g/mol. The van der Waals surface area contributed by atoms with Gasteiger partial charge in [0, 0.05) is 17.9 Å². The fraction of sp³-hybridized carbons (Fsp3) is 0.667. The number of carbonyl (C=O) groups is 2. The number of thioether (sulfide) groups is 1. The molecule has 1 saturated carbocycles. The highest BCUT2D eigenvalue weighted by Gasteiger charge is 2.23. The number of ketones is 1. The molecule has 0 unspecified atom stereocenters. The van der Waals surface area contributed by atoms with Gasteiger partial charge in [0.15, 0.2) is 11.5 Å². The van der Waals surface area contributed by atoms with E-state index in [4.69, 9.17) is 4.74 Å². The SMILES string of the molecule is CCOC(=O)c1nc(CSC2CCCCC2)sc1C(C)=O. The zero-order valence-corrected chi connectivity index (χ0v) is 14.1. The average Bonchev–Trinajstić information content (AvgIpc) is 2.91. The van der Waals surface area contributed by atoms with Gasteiger partial charge in [0.2, 0.25) is 0 Å². The first-order valence-corrected chi connectivity index (χ1v) is 9.27. The van der Waals surface area contributed by atoms with Gasteiger partial charge in [-0.15, -0.1) is 11.3 Å². The minimum absolute atomic E-state index is 0.121. The molecule has 6 heteroatoms. The molecule has 1 aliphatic carbocycles. The van der Waals surface area contributed by atoms with E-state index in [1.807, 2.05) is 11.8 Å². The summed E-state index contributed by atoms with van der Waals surface area (Å²) in [7, 11) is 0. The second-order valence-corrected chi connectivity index (χ2v) is 7.51. The Labute approximate surface area is 133 Å². The Morgan fingerprint density at radius 3 is 2.67 bits per heavy atom. The summed E-state index contributed by atoms with van der Waals surface area (Å²) < 4.78 is 4.97. The molecule has 0 radical (unpaired) electrons. The number of Topliss-reactive ketones (excluding diaryl/α,β-unsaturated/α-hetero) is 1. The van der Waals surface area contributed by atoms with Crippen LogP contribution in [0.3, 0.4) is 0 Å². The number of hydrogen-bond donors (Lipinski definition) is 0. The van der Waals surface area contributed by atoms with Crippen LogP contribution in [0.25, 0.3) is 0 Å². The first-order valence-electron chi connectivity index (χ1n) is 7.41. The van der Waals surface area contributed by atoms with Crippen molar-refractivity contribution in [3.05, 3.63) is 15.6 Å². The number of thiazole rings is 1. The summed E-state index contributed by atoms with van der Waals surface area (Å²) in [5.74, 6) is 0.159. The van der Waals surface area contributed by atoms with Crippen molar-refractivity contribution in [1.82, 2.24) is 4.98 Å². The van der Waals surface area contributed by atoms with Crippen LogP contribution in [0.4, 0.5) is 0 Å². The normalized spacial score (nSPS) is 15.9. The van der Waals surface area contributed by atoms with Crippen molar-refractivity contribution in [2.75, 3.05) is 6.61 Å². The van der Waals surface area contributed by atoms with Gasteiger partial charge in [0.1, 0.15) is 9.88 Å². The summed E-state index contributed by atoms with van der Waals surface area (Å²) in [5.41, 5.74) is 0.189. The smallest absolute Gasteiger partial charge is 0.358 e. The Balaban J connectivity index is 2.04. The summed E-state index contributed by atoms with van der Waals surface area (Å²) in [6, 6.07) is 0. The first kappa shape index (κ1) is 16.5. The second-order valence-electron chi connectivity index (χ2n) is 5.13. The molecule has 1 fully saturated rings. The highest BCUT2D eigenvalue weighted by Crippen LogP contribution is 2.32. The third-order valence-corrected chi connectivity index (χ3v) is 6.18. The molecule has 1 aromatic rings. The van der Waals surface area contributed by atoms with Gasteiger partial charge in [-0.25, -0.2) is 9.78 Å². The summed E-state index contributed by atoms with van der Waals surface area (Å²) >= 11 is 3.22. The molecule has 0 bridgehead atoms. The summed E-state index contributed by atoms with van der Waals surface area (Å²) in [6.07, 6.45) is 6.49. The fourth-order valence-electron chi connectivity index (χ4n) is 2.42. The molecule has 2 rings (SSSR count). The third-order valence-electron chi connectivity index (χ3n) is 3.45. The lowest BCUT2D eigenvalue weighted by atomic mass is 10.0. The van der Waals surface area contributed by atoms with E-state index in [0.717, 1.165) is 10.8 Å². The quantitative estimate of drug-likeness (QED) is 0.582. The van der Waals surface area contributed by atoms with Gasteiger partial charge < -0.3 is 4.74 Å². The van der Waals surface area contributed by atoms with Crippen LogP contribution in [0.1, 0.15) is 71.1 Å². The van der Waals surface area contributed by atoms with Gasteiger partial charge in [-0.2, -0.15) is 11.8 Å². The lowest BCUT2D eigenvalue weighted by Gasteiger charge is -2.20. The van der Waals surface area contributed by atoms with Crippen LogP contribution in [0.5, 0.6) is 0 Å². The monoisotopic (exact) mass is 327 g/mol. The summed E-state index contributed by atoms with van der Waals surface area (Å²) in [4.78, 5) is 28.3. The minimum atomic E-state index is -0.493. The molecule has 0 atom stereocenters. The number of rotatable bonds is 6. The molecule has 0 aromatic carbocycles. The number of carbonyl (C=O) groups excluding carboxylic acids is 2. The van der Waals surface area contributed by atoms with Gasteiger partial charge in [0.05, 0.1) is 6.61 Å². The molecule has 1 heterocycles. The van der Waals surface area contributed by atoms with E-state index in [9.17, 15) is 9.59 Å². The average molecular weight is 327 g/mol. The highest BCUT2D eigenvalue weighted by molar-refractivity contribution is 7.99. The molecule has 1 aromatic heterocycles. The molecule has 4 nitrogen and oxygen atoms in total. The van der Waals surface area contributed by atoms with Crippen LogP contribution in [0, 0.1) is 0 Å². The second kappa shape index (κ2) is 7.94. The molecular formula is C15H21NO3S2. The lowest BCUT2D eigenvalue weighted by molar-refractivity contribution is 0.0517. The van der Waals surface area contributed by atoms with Crippen LogP contribution in [0.15, 0.2) is 0 Å². The maximum atomic E-state index is 11.9. The van der Waals surface area contributed by atoms with Gasteiger partial charge >= 0.3 is 5.97 Å².